The predicted octanol–water partition coefficient (Wildman–Crippen LogP) is 5.57. The van der Waals surface area contributed by atoms with E-state index >= 15 is 0 Å². The maximum absolute atomic E-state index is 14.3. The monoisotopic (exact) mass is 518 g/mol. The summed E-state index contributed by atoms with van der Waals surface area (Å²) >= 11 is 3.50. The van der Waals surface area contributed by atoms with Crippen LogP contribution in [0.2, 0.25) is 0 Å². The fraction of sp³-hybridized carbons (Fsp3) is 0.462. The van der Waals surface area contributed by atoms with Crippen LogP contribution in [0.3, 0.4) is 0 Å². The van der Waals surface area contributed by atoms with E-state index in [-0.39, 0.29) is 31.0 Å². The first-order chi connectivity index (χ1) is 15.8. The number of ether oxygens (including phenoxy) is 1. The summed E-state index contributed by atoms with van der Waals surface area (Å²) in [6.07, 6.45) is 4.08. The zero-order valence-electron chi connectivity index (χ0n) is 19.4. The van der Waals surface area contributed by atoms with Gasteiger partial charge in [-0.2, -0.15) is 0 Å². The first-order valence-corrected chi connectivity index (χ1v) is 12.3. The van der Waals surface area contributed by atoms with Crippen molar-refractivity contribution in [3.8, 4) is 5.75 Å². The molecular formula is C26H32BrFN2O3. The molecule has 1 fully saturated rings. The molecule has 1 atom stereocenters. The number of amides is 2. The van der Waals surface area contributed by atoms with Crippen molar-refractivity contribution < 1.29 is 18.7 Å². The molecule has 1 aliphatic rings. The number of rotatable bonds is 9. The lowest BCUT2D eigenvalue weighted by molar-refractivity contribution is -0.142. The molecule has 33 heavy (non-hydrogen) atoms. The number of halogens is 2. The van der Waals surface area contributed by atoms with Crippen molar-refractivity contribution in [3.05, 3.63) is 63.9 Å². The summed E-state index contributed by atoms with van der Waals surface area (Å²) in [6, 6.07) is 11.4. The maximum Gasteiger partial charge on any atom is 0.261 e. The molecule has 0 aliphatic heterocycles. The van der Waals surface area contributed by atoms with Crippen LogP contribution in [-0.2, 0) is 16.1 Å². The van der Waals surface area contributed by atoms with E-state index in [0.29, 0.717) is 17.2 Å². The van der Waals surface area contributed by atoms with E-state index in [1.807, 2.05) is 18.2 Å². The van der Waals surface area contributed by atoms with E-state index in [9.17, 15) is 14.0 Å². The lowest BCUT2D eigenvalue weighted by Crippen LogP contribution is -2.50. The van der Waals surface area contributed by atoms with Gasteiger partial charge in [0.05, 0.1) is 4.47 Å². The molecule has 0 heterocycles. The Morgan fingerprint density at radius 3 is 2.48 bits per heavy atom. The van der Waals surface area contributed by atoms with Crippen LogP contribution < -0.4 is 10.1 Å². The lowest BCUT2D eigenvalue weighted by Gasteiger charge is -2.30. The number of carbonyl (C=O) groups excluding carboxylic acids is 2. The molecule has 2 aromatic carbocycles. The fourth-order valence-electron chi connectivity index (χ4n) is 4.00. The van der Waals surface area contributed by atoms with Gasteiger partial charge in [0.15, 0.2) is 6.61 Å². The second-order valence-corrected chi connectivity index (χ2v) is 9.77. The third-order valence-electron chi connectivity index (χ3n) is 6.14. The Balaban J connectivity index is 1.73. The van der Waals surface area contributed by atoms with Gasteiger partial charge in [-0.25, -0.2) is 4.39 Å². The Morgan fingerprint density at radius 2 is 1.85 bits per heavy atom. The van der Waals surface area contributed by atoms with Crippen molar-refractivity contribution >= 4 is 27.7 Å². The molecule has 0 radical (unpaired) electrons. The van der Waals surface area contributed by atoms with Crippen LogP contribution in [0.25, 0.3) is 0 Å². The highest BCUT2D eigenvalue weighted by Crippen LogP contribution is 2.29. The topological polar surface area (TPSA) is 58.6 Å². The summed E-state index contributed by atoms with van der Waals surface area (Å²) in [5, 5.41) is 3.04. The SMILES string of the molecule is CC(C)c1ccc(OCC(=O)N(Cc2ccccc2F)[C@@H](C)C(=O)NC2CCCC2)c(Br)c1. The molecule has 0 unspecified atom stereocenters. The molecule has 0 bridgehead atoms. The van der Waals surface area contributed by atoms with Crippen LogP contribution in [0.5, 0.6) is 5.75 Å². The van der Waals surface area contributed by atoms with E-state index in [2.05, 4.69) is 35.1 Å². The molecule has 0 spiro atoms. The molecule has 1 saturated carbocycles. The van der Waals surface area contributed by atoms with E-state index in [0.717, 1.165) is 35.7 Å². The molecule has 0 saturated heterocycles. The highest BCUT2D eigenvalue weighted by Gasteiger charge is 2.29. The first kappa shape index (κ1) is 25.2. The van der Waals surface area contributed by atoms with Crippen molar-refractivity contribution in [2.45, 2.75) is 71.0 Å². The number of hydrogen-bond acceptors (Lipinski definition) is 3. The molecule has 0 aromatic heterocycles. The normalized spacial score (nSPS) is 14.8. The molecule has 5 nitrogen and oxygen atoms in total. The standard InChI is InChI=1S/C26H32BrFN2O3/c1-17(2)19-12-13-24(22(27)14-19)33-16-25(31)30(15-20-8-4-7-11-23(20)28)18(3)26(32)29-21-9-5-6-10-21/h4,7-8,11-14,17-18,21H,5-6,9-10,15-16H2,1-3H3,(H,29,32)/t18-/m0/s1. The maximum atomic E-state index is 14.3. The third kappa shape index (κ3) is 6.79. The molecule has 7 heteroatoms. The summed E-state index contributed by atoms with van der Waals surface area (Å²) in [7, 11) is 0. The largest absolute Gasteiger partial charge is 0.483 e. The Hall–Kier alpha value is -2.41. The summed E-state index contributed by atoms with van der Waals surface area (Å²) in [6.45, 7) is 5.61. The zero-order valence-corrected chi connectivity index (χ0v) is 21.0. The van der Waals surface area contributed by atoms with Crippen molar-refractivity contribution in [2.24, 2.45) is 0 Å². The van der Waals surface area contributed by atoms with Gasteiger partial charge >= 0.3 is 0 Å². The molecule has 3 rings (SSSR count). The van der Waals surface area contributed by atoms with Crippen LogP contribution in [0.1, 0.15) is 63.5 Å². The minimum absolute atomic E-state index is 0.0123. The first-order valence-electron chi connectivity index (χ1n) is 11.5. The zero-order chi connectivity index (χ0) is 24.0. The van der Waals surface area contributed by atoms with Gasteiger partial charge in [0.2, 0.25) is 5.91 Å². The quantitative estimate of drug-likeness (QED) is 0.472. The molecule has 178 valence electrons. The highest BCUT2D eigenvalue weighted by molar-refractivity contribution is 9.10. The van der Waals surface area contributed by atoms with E-state index in [1.165, 1.54) is 11.0 Å². The summed E-state index contributed by atoms with van der Waals surface area (Å²) in [5.41, 5.74) is 1.51. The van der Waals surface area contributed by atoms with Crippen LogP contribution >= 0.6 is 15.9 Å². The fourth-order valence-corrected chi connectivity index (χ4v) is 4.51. The van der Waals surface area contributed by atoms with Gasteiger partial charge in [-0.05, 0) is 65.4 Å². The Kier molecular flexibility index (Phi) is 8.89. The predicted molar refractivity (Wildman–Crippen MR) is 131 cm³/mol. The van der Waals surface area contributed by atoms with E-state index in [4.69, 9.17) is 4.74 Å². The number of hydrogen-bond donors (Lipinski definition) is 1. The highest BCUT2D eigenvalue weighted by atomic mass is 79.9. The summed E-state index contributed by atoms with van der Waals surface area (Å²) < 4.78 is 20.9. The second kappa shape index (κ2) is 11.6. The van der Waals surface area contributed by atoms with Gasteiger partial charge in [0, 0.05) is 18.2 Å². The van der Waals surface area contributed by atoms with Crippen LogP contribution in [0, 0.1) is 5.82 Å². The molecule has 1 N–H and O–H groups in total. The van der Waals surface area contributed by atoms with Crippen molar-refractivity contribution in [3.63, 3.8) is 0 Å². The minimum Gasteiger partial charge on any atom is -0.483 e. The van der Waals surface area contributed by atoms with Crippen molar-refractivity contribution in [2.75, 3.05) is 6.61 Å². The van der Waals surface area contributed by atoms with Crippen LogP contribution in [0.15, 0.2) is 46.9 Å². The molecular weight excluding hydrogens is 487 g/mol. The smallest absolute Gasteiger partial charge is 0.261 e. The number of carbonyl (C=O) groups is 2. The van der Waals surface area contributed by atoms with Gasteiger partial charge in [-0.1, -0.05) is 51.0 Å². The van der Waals surface area contributed by atoms with Crippen molar-refractivity contribution in [1.29, 1.82) is 0 Å². The average Bonchev–Trinajstić information content (AvgIpc) is 3.30. The van der Waals surface area contributed by atoms with Gasteiger partial charge in [-0.15, -0.1) is 0 Å². The van der Waals surface area contributed by atoms with Crippen molar-refractivity contribution in [1.82, 2.24) is 10.2 Å². The van der Waals surface area contributed by atoms with Gasteiger partial charge in [0.1, 0.15) is 17.6 Å². The van der Waals surface area contributed by atoms with Gasteiger partial charge in [-0.3, -0.25) is 9.59 Å². The van der Waals surface area contributed by atoms with Crippen LogP contribution in [0.4, 0.5) is 4.39 Å². The van der Waals surface area contributed by atoms with Gasteiger partial charge in [0.25, 0.3) is 5.91 Å². The Morgan fingerprint density at radius 1 is 1.15 bits per heavy atom. The Bertz CT molecular complexity index is 976. The minimum atomic E-state index is -0.756. The molecule has 1 aliphatic carbocycles. The molecule has 2 amide bonds. The number of nitrogens with zero attached hydrogens (tertiary/aromatic N) is 1. The van der Waals surface area contributed by atoms with Crippen LogP contribution in [-0.4, -0.2) is 35.4 Å². The van der Waals surface area contributed by atoms with E-state index < -0.39 is 11.9 Å². The second-order valence-electron chi connectivity index (χ2n) is 8.91. The third-order valence-corrected chi connectivity index (χ3v) is 6.76. The lowest BCUT2D eigenvalue weighted by atomic mass is 10.0. The summed E-state index contributed by atoms with van der Waals surface area (Å²) in [4.78, 5) is 27.5. The number of benzene rings is 2. The number of nitrogens with one attached hydrogen (secondary N) is 1. The molecule has 2 aromatic rings. The van der Waals surface area contributed by atoms with E-state index in [1.54, 1.807) is 25.1 Å². The van der Waals surface area contributed by atoms with Gasteiger partial charge < -0.3 is 15.0 Å². The summed E-state index contributed by atoms with van der Waals surface area (Å²) in [5.74, 6) is -0.109. The Labute approximate surface area is 203 Å². The average molecular weight is 519 g/mol.